The predicted octanol–water partition coefficient (Wildman–Crippen LogP) is 4.21. The first-order valence-corrected chi connectivity index (χ1v) is 14.7. The number of aromatic nitrogens is 2. The van der Waals surface area contributed by atoms with E-state index in [0.29, 0.717) is 25.3 Å². The van der Waals surface area contributed by atoms with Crippen LogP contribution in [0.1, 0.15) is 117 Å². The Hall–Kier alpha value is -2.06. The molecular formula is C30H51N5O3. The topological polar surface area (TPSA) is 107 Å². The van der Waals surface area contributed by atoms with Gasteiger partial charge in [0.1, 0.15) is 12.4 Å². The van der Waals surface area contributed by atoms with E-state index < -0.39 is 18.2 Å². The lowest BCUT2D eigenvalue weighted by Gasteiger charge is -2.31. The van der Waals surface area contributed by atoms with Gasteiger partial charge >= 0.3 is 0 Å². The molecule has 8 nitrogen and oxygen atoms in total. The van der Waals surface area contributed by atoms with Gasteiger partial charge in [0.25, 0.3) is 0 Å². The number of likely N-dealkylation sites (N-methyl/N-ethyl adjacent to an activating group) is 1. The fourth-order valence-corrected chi connectivity index (χ4v) is 5.33. The lowest BCUT2D eigenvalue weighted by molar-refractivity contribution is -0.139. The van der Waals surface area contributed by atoms with Crippen LogP contribution in [0.4, 0.5) is 0 Å². The van der Waals surface area contributed by atoms with Gasteiger partial charge in [0.15, 0.2) is 0 Å². The first kappa shape index (κ1) is 30.5. The summed E-state index contributed by atoms with van der Waals surface area (Å²) in [5, 5.41) is 18.0. The number of carbonyl (C=O) groups excluding carboxylic acids is 2. The fourth-order valence-electron chi connectivity index (χ4n) is 5.33. The normalized spacial score (nSPS) is 27.0. The molecule has 1 saturated heterocycles. The number of nitrogens with one attached hydrogen (secondary N) is 2. The summed E-state index contributed by atoms with van der Waals surface area (Å²) in [7, 11) is 1.70. The van der Waals surface area contributed by atoms with Crippen LogP contribution in [0.15, 0.2) is 12.4 Å². The van der Waals surface area contributed by atoms with Crippen molar-refractivity contribution in [1.29, 1.82) is 0 Å². The maximum absolute atomic E-state index is 13.2. The maximum atomic E-state index is 13.2. The van der Waals surface area contributed by atoms with Crippen molar-refractivity contribution in [2.24, 2.45) is 5.92 Å². The van der Waals surface area contributed by atoms with Crippen LogP contribution in [0.3, 0.4) is 0 Å². The van der Waals surface area contributed by atoms with E-state index in [-0.39, 0.29) is 22.8 Å². The maximum Gasteiger partial charge on any atom is 0.242 e. The van der Waals surface area contributed by atoms with Gasteiger partial charge in [-0.2, -0.15) is 0 Å². The van der Waals surface area contributed by atoms with Gasteiger partial charge in [-0.25, -0.2) is 9.97 Å². The van der Waals surface area contributed by atoms with Crippen LogP contribution in [0, 0.1) is 5.92 Å². The number of hydrogen-bond acceptors (Lipinski definition) is 6. The summed E-state index contributed by atoms with van der Waals surface area (Å²) < 4.78 is 0. The Morgan fingerprint density at radius 2 is 1.76 bits per heavy atom. The largest absolute Gasteiger partial charge is 0.390 e. The minimum Gasteiger partial charge on any atom is -0.390 e. The molecule has 3 rings (SSSR count). The second kappa shape index (κ2) is 13.3. The first-order valence-electron chi connectivity index (χ1n) is 14.7. The van der Waals surface area contributed by atoms with Gasteiger partial charge < -0.3 is 20.6 Å². The highest BCUT2D eigenvalue weighted by Crippen LogP contribution is 2.45. The molecule has 0 unspecified atom stereocenters. The van der Waals surface area contributed by atoms with E-state index in [1.807, 2.05) is 0 Å². The molecule has 0 spiro atoms. The molecule has 4 atom stereocenters. The first-order chi connectivity index (χ1) is 17.9. The Bertz CT molecular complexity index is 927. The van der Waals surface area contributed by atoms with Crippen LogP contribution < -0.4 is 10.6 Å². The Morgan fingerprint density at radius 1 is 1.11 bits per heavy atom. The smallest absolute Gasteiger partial charge is 0.242 e. The lowest BCUT2D eigenvalue weighted by Crippen LogP contribution is -2.54. The zero-order valence-electron chi connectivity index (χ0n) is 24.6. The number of amides is 2. The third-order valence-corrected chi connectivity index (χ3v) is 8.47. The van der Waals surface area contributed by atoms with E-state index in [2.05, 4.69) is 54.4 Å². The van der Waals surface area contributed by atoms with Gasteiger partial charge in [-0.1, -0.05) is 66.2 Å². The van der Waals surface area contributed by atoms with Gasteiger partial charge in [-0.05, 0) is 44.6 Å². The summed E-state index contributed by atoms with van der Waals surface area (Å²) >= 11 is 0. The molecule has 0 radical (unpaired) electrons. The molecule has 1 saturated carbocycles. The zero-order chi connectivity index (χ0) is 27.9. The van der Waals surface area contributed by atoms with Crippen LogP contribution in [-0.2, 0) is 20.5 Å². The fraction of sp³-hybridized carbons (Fsp3) is 0.800. The van der Waals surface area contributed by atoms with Crippen molar-refractivity contribution < 1.29 is 14.7 Å². The van der Waals surface area contributed by atoms with Gasteiger partial charge in [-0.3, -0.25) is 9.59 Å². The van der Waals surface area contributed by atoms with E-state index in [0.717, 1.165) is 56.3 Å². The second-order valence-corrected chi connectivity index (χ2v) is 12.9. The minimum absolute atomic E-state index is 0.00188. The van der Waals surface area contributed by atoms with Crippen LogP contribution in [0.2, 0.25) is 0 Å². The molecule has 2 amide bonds. The van der Waals surface area contributed by atoms with Crippen LogP contribution in [0.25, 0.3) is 0 Å². The Kier molecular flexibility index (Phi) is 10.7. The van der Waals surface area contributed by atoms with Crippen LogP contribution in [-0.4, -0.2) is 63.6 Å². The van der Waals surface area contributed by atoms with E-state index in [9.17, 15) is 14.7 Å². The molecule has 2 heterocycles. The molecular weight excluding hydrogens is 478 g/mol. The molecule has 2 aliphatic rings. The van der Waals surface area contributed by atoms with Crippen molar-refractivity contribution in [2.45, 2.75) is 134 Å². The number of carbonyl (C=O) groups is 2. The highest BCUT2D eigenvalue weighted by molar-refractivity contribution is 5.87. The molecule has 0 aromatic carbocycles. The summed E-state index contributed by atoms with van der Waals surface area (Å²) in [4.78, 5) is 36.4. The van der Waals surface area contributed by atoms with Crippen molar-refractivity contribution in [2.75, 3.05) is 13.6 Å². The third-order valence-electron chi connectivity index (χ3n) is 8.47. The predicted molar refractivity (Wildman–Crippen MR) is 151 cm³/mol. The summed E-state index contributed by atoms with van der Waals surface area (Å²) in [6.45, 7) is 10.8. The summed E-state index contributed by atoms with van der Waals surface area (Å²) in [5.74, 6) is 0.168. The molecule has 38 heavy (non-hydrogen) atoms. The highest BCUT2D eigenvalue weighted by atomic mass is 16.3. The summed E-state index contributed by atoms with van der Waals surface area (Å²) in [6, 6.07) is 1.10. The van der Waals surface area contributed by atoms with Crippen LogP contribution >= 0.6 is 0 Å². The van der Waals surface area contributed by atoms with Gasteiger partial charge in [0.2, 0.25) is 11.8 Å². The quantitative estimate of drug-likeness (QED) is 0.528. The second-order valence-electron chi connectivity index (χ2n) is 12.9. The minimum atomic E-state index is -0.755. The number of rotatable bonds is 5. The molecule has 0 bridgehead atoms. The van der Waals surface area contributed by atoms with Gasteiger partial charge in [0, 0.05) is 31.1 Å². The number of nitrogens with zero attached hydrogens (tertiary/aromatic N) is 3. The molecule has 1 aliphatic carbocycles. The van der Waals surface area contributed by atoms with Crippen molar-refractivity contribution in [3.05, 3.63) is 23.8 Å². The van der Waals surface area contributed by atoms with Crippen molar-refractivity contribution >= 4 is 11.8 Å². The van der Waals surface area contributed by atoms with Gasteiger partial charge in [0.05, 0.1) is 23.4 Å². The molecule has 8 heteroatoms. The lowest BCUT2D eigenvalue weighted by atomic mass is 9.90. The Morgan fingerprint density at radius 3 is 2.42 bits per heavy atom. The zero-order valence-corrected chi connectivity index (χ0v) is 24.6. The standard InChI is InChI=1S/C30H51N5O3/c1-21-13-11-9-7-8-10-12-14-27(37)35(6)22(2)28(38)34-23(17-21)24(36)19-33-30(15-16-30)26-18-25(29(3,4)5)31-20-32-26/h18,20-24,33,36H,7-17,19H2,1-6H3,(H,34,38)/t21-,22+,23+,24-/m1/s1. The molecule has 1 aromatic rings. The van der Waals surface area contributed by atoms with E-state index in [1.165, 1.54) is 12.8 Å². The number of hydrogen-bond donors (Lipinski definition) is 3. The molecule has 2 fully saturated rings. The molecule has 1 aromatic heterocycles. The Balaban J connectivity index is 1.69. The Labute approximate surface area is 229 Å². The highest BCUT2D eigenvalue weighted by Gasteiger charge is 2.46. The number of aliphatic hydroxyl groups is 1. The molecule has 214 valence electrons. The average molecular weight is 530 g/mol. The molecule has 3 N–H and O–H groups in total. The number of aliphatic hydroxyl groups excluding tert-OH is 1. The van der Waals surface area contributed by atoms with Crippen LogP contribution in [0.5, 0.6) is 0 Å². The van der Waals surface area contributed by atoms with E-state index >= 15 is 0 Å². The average Bonchev–Trinajstić information content (AvgIpc) is 3.67. The van der Waals surface area contributed by atoms with Crippen molar-refractivity contribution in [1.82, 2.24) is 25.5 Å². The summed E-state index contributed by atoms with van der Waals surface area (Å²) in [5.41, 5.74) is 1.65. The van der Waals surface area contributed by atoms with Crippen molar-refractivity contribution in [3.63, 3.8) is 0 Å². The SMILES string of the molecule is C[C@@H]1CCCCCCCCC(=O)N(C)[C@@H](C)C(=O)N[C@H]([C@H](O)CNC2(c3cc(C(C)(C)C)ncn3)CC2)C1. The van der Waals surface area contributed by atoms with E-state index in [4.69, 9.17) is 0 Å². The molecule has 1 aliphatic heterocycles. The third kappa shape index (κ3) is 8.47. The van der Waals surface area contributed by atoms with Crippen molar-refractivity contribution in [3.8, 4) is 0 Å². The monoisotopic (exact) mass is 529 g/mol. The van der Waals surface area contributed by atoms with E-state index in [1.54, 1.807) is 25.2 Å². The summed E-state index contributed by atoms with van der Waals surface area (Å²) in [6.07, 6.45) is 11.7. The van der Waals surface area contributed by atoms with Gasteiger partial charge in [-0.15, -0.1) is 0 Å².